The molecule has 0 heteroatoms. The molecular weight excluding hydrogens is 396 g/mol. The van der Waals surface area contributed by atoms with Gasteiger partial charge in [0, 0.05) is 0 Å². The van der Waals surface area contributed by atoms with Gasteiger partial charge in [-0.25, -0.2) is 0 Å². The number of hydrogen-bond acceptors (Lipinski definition) is 0. The Kier molecular flexibility index (Phi) is 9.99. The van der Waals surface area contributed by atoms with E-state index in [1.165, 1.54) is 116 Å². The molecule has 0 aliphatic heterocycles. The molecule has 0 N–H and O–H groups in total. The monoisotopic (exact) mass is 448 g/mol. The summed E-state index contributed by atoms with van der Waals surface area (Å²) < 4.78 is 0. The molecule has 3 fully saturated rings. The molecule has 0 amide bonds. The van der Waals surface area contributed by atoms with Gasteiger partial charge in [-0.05, 0) is 85.2 Å². The molecular formula is C33H52. The molecule has 33 heavy (non-hydrogen) atoms. The van der Waals surface area contributed by atoms with Gasteiger partial charge < -0.3 is 0 Å². The standard InChI is InChI=1S/C33H52/c1-3-11-30(33(31-12-7-5-8-13-31)32-14-9-6-10-15-32)25-20-27-18-23-29(24-19-27)28-21-16-26(4-2)17-22-28/h4,18-19,23-24,26,28,30-33H,2-3,5-17,20-22,25H2,1H3. The zero-order valence-corrected chi connectivity index (χ0v) is 21.8. The molecule has 1 unspecified atom stereocenters. The zero-order valence-electron chi connectivity index (χ0n) is 21.8. The predicted molar refractivity (Wildman–Crippen MR) is 145 cm³/mol. The van der Waals surface area contributed by atoms with E-state index in [-0.39, 0.29) is 0 Å². The highest BCUT2D eigenvalue weighted by Gasteiger charge is 2.36. The lowest BCUT2D eigenvalue weighted by atomic mass is 9.63. The second-order valence-electron chi connectivity index (χ2n) is 12.0. The highest BCUT2D eigenvalue weighted by molar-refractivity contribution is 5.26. The van der Waals surface area contributed by atoms with E-state index in [0.717, 1.165) is 35.5 Å². The van der Waals surface area contributed by atoms with Gasteiger partial charge in [0.25, 0.3) is 0 Å². The summed E-state index contributed by atoms with van der Waals surface area (Å²) in [5.41, 5.74) is 3.18. The Labute approximate surface area is 206 Å². The molecule has 0 nitrogen and oxygen atoms in total. The van der Waals surface area contributed by atoms with Gasteiger partial charge in [0.1, 0.15) is 0 Å². The van der Waals surface area contributed by atoms with Crippen LogP contribution in [0, 0.1) is 29.6 Å². The quantitative estimate of drug-likeness (QED) is 0.312. The van der Waals surface area contributed by atoms with Crippen molar-refractivity contribution in [3.05, 3.63) is 48.0 Å². The van der Waals surface area contributed by atoms with Crippen molar-refractivity contribution in [2.24, 2.45) is 29.6 Å². The number of allylic oxidation sites excluding steroid dienone is 1. The molecule has 4 rings (SSSR count). The lowest BCUT2D eigenvalue weighted by Crippen LogP contribution is -2.33. The van der Waals surface area contributed by atoms with E-state index in [1.807, 2.05) is 0 Å². The molecule has 1 aromatic rings. The van der Waals surface area contributed by atoms with Gasteiger partial charge in [-0.1, -0.05) is 114 Å². The van der Waals surface area contributed by atoms with Crippen molar-refractivity contribution in [2.45, 2.75) is 128 Å². The summed E-state index contributed by atoms with van der Waals surface area (Å²) in [6.07, 6.45) is 28.2. The van der Waals surface area contributed by atoms with Crippen molar-refractivity contribution in [1.82, 2.24) is 0 Å². The average Bonchev–Trinajstić information content (AvgIpc) is 2.89. The Morgan fingerprint density at radius 2 is 1.33 bits per heavy atom. The lowest BCUT2D eigenvalue weighted by Gasteiger charge is -2.43. The molecule has 3 saturated carbocycles. The van der Waals surface area contributed by atoms with E-state index in [4.69, 9.17) is 0 Å². The van der Waals surface area contributed by atoms with Gasteiger partial charge >= 0.3 is 0 Å². The Bertz CT molecular complexity index is 646. The molecule has 3 aliphatic rings. The minimum Gasteiger partial charge on any atom is -0.103 e. The Balaban J connectivity index is 1.38. The van der Waals surface area contributed by atoms with Crippen molar-refractivity contribution >= 4 is 0 Å². The normalized spacial score (nSPS) is 26.4. The maximum Gasteiger partial charge on any atom is -0.0162 e. The predicted octanol–water partition coefficient (Wildman–Crippen LogP) is 10.3. The second-order valence-corrected chi connectivity index (χ2v) is 12.0. The van der Waals surface area contributed by atoms with E-state index in [2.05, 4.69) is 43.8 Å². The third-order valence-corrected chi connectivity index (χ3v) is 9.95. The fourth-order valence-electron chi connectivity index (χ4n) is 8.09. The van der Waals surface area contributed by atoms with Gasteiger partial charge in [-0.15, -0.1) is 6.58 Å². The summed E-state index contributed by atoms with van der Waals surface area (Å²) in [6, 6.07) is 9.91. The summed E-state index contributed by atoms with van der Waals surface area (Å²) in [7, 11) is 0. The van der Waals surface area contributed by atoms with Crippen LogP contribution >= 0.6 is 0 Å². The summed E-state index contributed by atoms with van der Waals surface area (Å²) in [5, 5.41) is 0. The summed E-state index contributed by atoms with van der Waals surface area (Å²) in [4.78, 5) is 0. The Morgan fingerprint density at radius 3 is 1.85 bits per heavy atom. The van der Waals surface area contributed by atoms with Crippen LogP contribution in [-0.4, -0.2) is 0 Å². The van der Waals surface area contributed by atoms with E-state index in [1.54, 1.807) is 11.1 Å². The largest absolute Gasteiger partial charge is 0.103 e. The van der Waals surface area contributed by atoms with Crippen LogP contribution in [0.2, 0.25) is 0 Å². The Hall–Kier alpha value is -1.04. The highest BCUT2D eigenvalue weighted by atomic mass is 14.4. The molecule has 0 aromatic heterocycles. The number of rotatable bonds is 10. The highest BCUT2D eigenvalue weighted by Crippen LogP contribution is 2.46. The van der Waals surface area contributed by atoms with Gasteiger partial charge in [-0.2, -0.15) is 0 Å². The topological polar surface area (TPSA) is 0 Å². The van der Waals surface area contributed by atoms with Gasteiger partial charge in [0.2, 0.25) is 0 Å². The summed E-state index contributed by atoms with van der Waals surface area (Å²) >= 11 is 0. The van der Waals surface area contributed by atoms with Crippen LogP contribution in [0.5, 0.6) is 0 Å². The molecule has 0 spiro atoms. The Morgan fingerprint density at radius 1 is 0.758 bits per heavy atom. The number of aryl methyl sites for hydroxylation is 1. The smallest absolute Gasteiger partial charge is 0.0162 e. The lowest BCUT2D eigenvalue weighted by molar-refractivity contribution is 0.0773. The third kappa shape index (κ3) is 6.99. The van der Waals surface area contributed by atoms with Crippen molar-refractivity contribution in [1.29, 1.82) is 0 Å². The van der Waals surface area contributed by atoms with Gasteiger partial charge in [0.05, 0.1) is 0 Å². The van der Waals surface area contributed by atoms with Crippen molar-refractivity contribution in [2.75, 3.05) is 0 Å². The van der Waals surface area contributed by atoms with E-state index in [9.17, 15) is 0 Å². The van der Waals surface area contributed by atoms with Gasteiger partial charge in [0.15, 0.2) is 0 Å². The van der Waals surface area contributed by atoms with Crippen LogP contribution in [0.15, 0.2) is 36.9 Å². The zero-order chi connectivity index (χ0) is 22.9. The summed E-state index contributed by atoms with van der Waals surface area (Å²) in [5.74, 6) is 5.58. The minimum atomic E-state index is 0.761. The van der Waals surface area contributed by atoms with Crippen molar-refractivity contribution < 1.29 is 0 Å². The number of hydrogen-bond donors (Lipinski definition) is 0. The first-order valence-electron chi connectivity index (χ1n) is 15.0. The molecule has 1 atom stereocenters. The van der Waals surface area contributed by atoms with E-state index in [0.29, 0.717) is 0 Å². The average molecular weight is 449 g/mol. The van der Waals surface area contributed by atoms with Crippen LogP contribution in [0.3, 0.4) is 0 Å². The fourth-order valence-corrected chi connectivity index (χ4v) is 8.09. The second kappa shape index (κ2) is 13.2. The van der Waals surface area contributed by atoms with Crippen molar-refractivity contribution in [3.8, 4) is 0 Å². The molecule has 3 aliphatic carbocycles. The first-order chi connectivity index (χ1) is 16.3. The third-order valence-electron chi connectivity index (χ3n) is 9.95. The van der Waals surface area contributed by atoms with E-state index >= 15 is 0 Å². The van der Waals surface area contributed by atoms with Crippen LogP contribution in [0.25, 0.3) is 0 Å². The minimum absolute atomic E-state index is 0.761. The molecule has 0 radical (unpaired) electrons. The molecule has 0 saturated heterocycles. The van der Waals surface area contributed by atoms with Crippen LogP contribution in [-0.2, 0) is 6.42 Å². The first-order valence-corrected chi connectivity index (χ1v) is 15.0. The maximum atomic E-state index is 4.01. The number of benzene rings is 1. The molecule has 0 bridgehead atoms. The summed E-state index contributed by atoms with van der Waals surface area (Å²) in [6.45, 7) is 6.45. The maximum absolute atomic E-state index is 4.01. The van der Waals surface area contributed by atoms with Crippen LogP contribution in [0.1, 0.15) is 133 Å². The van der Waals surface area contributed by atoms with Crippen LogP contribution < -0.4 is 0 Å². The van der Waals surface area contributed by atoms with Crippen molar-refractivity contribution in [3.63, 3.8) is 0 Å². The molecule has 184 valence electrons. The first kappa shape index (κ1) is 25.1. The van der Waals surface area contributed by atoms with E-state index < -0.39 is 0 Å². The molecule has 1 aromatic carbocycles. The van der Waals surface area contributed by atoms with Gasteiger partial charge in [-0.3, -0.25) is 0 Å². The fraction of sp³-hybridized carbons (Fsp3) is 0.758. The molecule has 0 heterocycles. The SMILES string of the molecule is C=CC1CCC(c2ccc(CCC(CCC)C(C3CCCCC3)C3CCCCC3)cc2)CC1. The van der Waals surface area contributed by atoms with Crippen LogP contribution in [0.4, 0.5) is 0 Å².